The van der Waals surface area contributed by atoms with Crippen molar-refractivity contribution in [2.75, 3.05) is 0 Å². The zero-order chi connectivity index (χ0) is 30.7. The fourth-order valence-corrected chi connectivity index (χ4v) is 4.14. The third-order valence-electron chi connectivity index (χ3n) is 6.00. The molecule has 4 aromatic carbocycles. The highest BCUT2D eigenvalue weighted by molar-refractivity contribution is 5.48. The number of nitrogens with zero attached hydrogens (tertiary/aromatic N) is 2. The summed E-state index contributed by atoms with van der Waals surface area (Å²) in [6.07, 6.45) is -12.8. The third-order valence-corrected chi connectivity index (χ3v) is 6.00. The van der Waals surface area contributed by atoms with E-state index in [9.17, 15) is 46.6 Å². The van der Waals surface area contributed by atoms with Gasteiger partial charge in [-0.15, -0.1) is 0 Å². The molecule has 4 rings (SSSR count). The molecule has 0 bridgehead atoms. The summed E-state index contributed by atoms with van der Waals surface area (Å²) in [4.78, 5) is 20.0. The predicted molar refractivity (Wildman–Crippen MR) is 136 cm³/mol. The molecule has 0 saturated heterocycles. The fourth-order valence-electron chi connectivity index (χ4n) is 4.14. The molecule has 218 valence electrons. The lowest BCUT2D eigenvalue weighted by molar-refractivity contribution is -0.388. The van der Waals surface area contributed by atoms with Crippen molar-refractivity contribution in [1.82, 2.24) is 0 Å². The predicted octanol–water partition coefficient (Wildman–Crippen LogP) is 8.48. The molecule has 42 heavy (non-hydrogen) atoms. The van der Waals surface area contributed by atoms with Crippen molar-refractivity contribution in [3.63, 3.8) is 0 Å². The van der Waals surface area contributed by atoms with Gasteiger partial charge in [0.2, 0.25) is 0 Å². The number of hydrogen-bond donors (Lipinski definition) is 0. The summed E-state index contributed by atoms with van der Waals surface area (Å²) in [7, 11) is 0. The average molecular weight is 592 g/mol. The van der Waals surface area contributed by atoms with Gasteiger partial charge in [-0.1, -0.05) is 60.7 Å². The molecule has 0 amide bonds. The van der Waals surface area contributed by atoms with Crippen molar-refractivity contribution in [2.45, 2.75) is 24.6 Å². The van der Waals surface area contributed by atoms with E-state index in [1.807, 2.05) is 0 Å². The first kappa shape index (κ1) is 29.8. The molecule has 0 aliphatic rings. The van der Waals surface area contributed by atoms with Gasteiger partial charge in [0.1, 0.15) is 22.6 Å². The molecule has 4 aromatic rings. The number of hydrogen-bond acceptors (Lipinski definition) is 6. The first-order valence-electron chi connectivity index (χ1n) is 11.9. The second-order valence-electron chi connectivity index (χ2n) is 8.77. The topological polar surface area (TPSA) is 105 Å². The first-order chi connectivity index (χ1) is 19.8. The van der Waals surface area contributed by atoms with Crippen LogP contribution in [0.1, 0.15) is 34.5 Å². The fraction of sp³-hybridized carbons (Fsp3) is 0.143. The minimum Gasteiger partial charge on any atom is -0.481 e. The second kappa shape index (κ2) is 11.8. The van der Waals surface area contributed by atoms with Crippen molar-refractivity contribution < 1.29 is 45.7 Å². The van der Waals surface area contributed by atoms with Crippen molar-refractivity contribution >= 4 is 11.4 Å². The summed E-state index contributed by atoms with van der Waals surface area (Å²) < 4.78 is 93.8. The monoisotopic (exact) mass is 592 g/mol. The smallest absolute Gasteiger partial charge is 0.423 e. The van der Waals surface area contributed by atoms with E-state index in [0.717, 1.165) is 12.1 Å². The molecule has 0 N–H and O–H groups in total. The van der Waals surface area contributed by atoms with Crippen LogP contribution in [-0.4, -0.2) is 9.85 Å². The van der Waals surface area contributed by atoms with E-state index in [4.69, 9.17) is 9.47 Å². The summed E-state index contributed by atoms with van der Waals surface area (Å²) in [6, 6.07) is 19.8. The van der Waals surface area contributed by atoms with Crippen LogP contribution in [0, 0.1) is 20.2 Å². The van der Waals surface area contributed by atoms with Crippen LogP contribution in [-0.2, 0) is 12.4 Å². The summed E-state index contributed by atoms with van der Waals surface area (Å²) in [6.45, 7) is 0. The second-order valence-corrected chi connectivity index (χ2v) is 8.77. The van der Waals surface area contributed by atoms with E-state index in [0.29, 0.717) is 35.4 Å². The van der Waals surface area contributed by atoms with Crippen LogP contribution in [0.5, 0.6) is 11.5 Å². The molecular formula is C28H18F6N2O6. The standard InChI is InChI=1S/C28H18F6N2O6/c29-27(30,31)21-15-19(11-13-23(21)35(37)38)41-25(17-7-3-1-4-8-17)26(18-9-5-2-6-10-18)42-20-12-14-24(36(39)40)22(16-20)28(32,33)34/h1-16,25-26H. The van der Waals surface area contributed by atoms with Gasteiger partial charge in [0, 0.05) is 12.1 Å². The van der Waals surface area contributed by atoms with Crippen molar-refractivity contribution in [1.29, 1.82) is 0 Å². The Morgan fingerprint density at radius 1 is 0.548 bits per heavy atom. The number of ether oxygens (including phenoxy) is 2. The highest BCUT2D eigenvalue weighted by Gasteiger charge is 2.41. The Morgan fingerprint density at radius 3 is 1.17 bits per heavy atom. The molecule has 14 heteroatoms. The summed E-state index contributed by atoms with van der Waals surface area (Å²) >= 11 is 0. The molecule has 0 aliphatic carbocycles. The SMILES string of the molecule is O=[N+]([O-])c1ccc(OC(c2ccccc2)C(Oc2ccc([N+](=O)[O-])c(C(F)(F)F)c2)c2ccccc2)cc1C(F)(F)F. The Kier molecular flexibility index (Phi) is 8.36. The molecule has 2 atom stereocenters. The number of halogens is 6. The molecule has 0 fully saturated rings. The molecular weight excluding hydrogens is 574 g/mol. The minimum absolute atomic E-state index is 0.330. The lowest BCUT2D eigenvalue weighted by Crippen LogP contribution is -2.23. The first-order valence-corrected chi connectivity index (χ1v) is 11.9. The van der Waals surface area contributed by atoms with E-state index in [1.54, 1.807) is 36.4 Å². The van der Waals surface area contributed by atoms with E-state index in [2.05, 4.69) is 0 Å². The van der Waals surface area contributed by atoms with Crippen molar-refractivity contribution in [3.8, 4) is 11.5 Å². The maximum Gasteiger partial charge on any atom is 0.423 e. The van der Waals surface area contributed by atoms with Gasteiger partial charge in [-0.05, 0) is 35.4 Å². The molecule has 0 heterocycles. The Hall–Kier alpha value is -5.14. The van der Waals surface area contributed by atoms with Crippen LogP contribution in [0.25, 0.3) is 0 Å². The quantitative estimate of drug-likeness (QED) is 0.110. The average Bonchev–Trinajstić information content (AvgIpc) is 2.94. The molecule has 0 aromatic heterocycles. The van der Waals surface area contributed by atoms with Gasteiger partial charge in [-0.25, -0.2) is 0 Å². The van der Waals surface area contributed by atoms with Gasteiger partial charge in [-0.3, -0.25) is 20.2 Å². The van der Waals surface area contributed by atoms with Gasteiger partial charge in [0.25, 0.3) is 11.4 Å². The molecule has 0 radical (unpaired) electrons. The van der Waals surface area contributed by atoms with Crippen LogP contribution in [0.3, 0.4) is 0 Å². The van der Waals surface area contributed by atoms with Crippen LogP contribution in [0.15, 0.2) is 97.1 Å². The Bertz CT molecular complexity index is 1460. The van der Waals surface area contributed by atoms with Gasteiger partial charge in [0.15, 0.2) is 12.2 Å². The Labute approximate surface area is 233 Å². The normalized spacial score (nSPS) is 13.2. The number of benzene rings is 4. The summed E-state index contributed by atoms with van der Waals surface area (Å²) in [5.41, 5.74) is -4.88. The van der Waals surface area contributed by atoms with Crippen molar-refractivity contribution in [2.24, 2.45) is 0 Å². The lowest BCUT2D eigenvalue weighted by atomic mass is 9.97. The van der Waals surface area contributed by atoms with Crippen LogP contribution < -0.4 is 9.47 Å². The molecule has 0 saturated carbocycles. The van der Waals surface area contributed by atoms with E-state index >= 15 is 0 Å². The van der Waals surface area contributed by atoms with E-state index in [-0.39, 0.29) is 0 Å². The van der Waals surface area contributed by atoms with Crippen LogP contribution in [0.4, 0.5) is 37.7 Å². The lowest BCUT2D eigenvalue weighted by Gasteiger charge is -2.30. The van der Waals surface area contributed by atoms with Crippen LogP contribution in [0.2, 0.25) is 0 Å². The van der Waals surface area contributed by atoms with Gasteiger partial charge in [0.05, 0.1) is 9.85 Å². The van der Waals surface area contributed by atoms with E-state index in [1.165, 1.54) is 24.3 Å². The molecule has 0 spiro atoms. The maximum absolute atomic E-state index is 13.7. The van der Waals surface area contributed by atoms with Gasteiger partial charge < -0.3 is 9.47 Å². The summed E-state index contributed by atoms with van der Waals surface area (Å²) in [5, 5.41) is 22.4. The number of rotatable bonds is 9. The third kappa shape index (κ3) is 6.77. The molecule has 8 nitrogen and oxygen atoms in total. The molecule has 0 aliphatic heterocycles. The van der Waals surface area contributed by atoms with Crippen LogP contribution >= 0.6 is 0 Å². The Morgan fingerprint density at radius 2 is 0.881 bits per heavy atom. The summed E-state index contributed by atoms with van der Waals surface area (Å²) in [5.74, 6) is -0.878. The van der Waals surface area contributed by atoms with Gasteiger partial charge in [-0.2, -0.15) is 26.3 Å². The number of nitro groups is 2. The van der Waals surface area contributed by atoms with Gasteiger partial charge >= 0.3 is 12.4 Å². The zero-order valence-corrected chi connectivity index (χ0v) is 21.0. The maximum atomic E-state index is 13.7. The Balaban J connectivity index is 1.85. The largest absolute Gasteiger partial charge is 0.481 e. The number of nitro benzene ring substituents is 2. The van der Waals surface area contributed by atoms with Crippen molar-refractivity contribution in [3.05, 3.63) is 140 Å². The van der Waals surface area contributed by atoms with E-state index < -0.39 is 68.4 Å². The molecule has 2 unspecified atom stereocenters. The minimum atomic E-state index is -5.11. The zero-order valence-electron chi connectivity index (χ0n) is 21.0. The highest BCUT2D eigenvalue weighted by atomic mass is 19.4. The number of alkyl halides is 6. The highest BCUT2D eigenvalue weighted by Crippen LogP contribution is 2.43.